The van der Waals surface area contributed by atoms with Gasteiger partial charge in [0.25, 0.3) is 0 Å². The van der Waals surface area contributed by atoms with Crippen molar-refractivity contribution in [3.05, 3.63) is 42.6 Å². The molecule has 0 bridgehead atoms. The Hall–Kier alpha value is -2.03. The summed E-state index contributed by atoms with van der Waals surface area (Å²) < 4.78 is 11.4. The molecule has 0 saturated carbocycles. The summed E-state index contributed by atoms with van der Waals surface area (Å²) in [6.45, 7) is 8.04. The Balaban J connectivity index is 1.93. The molecule has 1 aromatic carbocycles. The SMILES string of the molecule is CCCCOc1ccc(-c2ccc(OCC(C)CC)cc2)nc1. The number of nitrogens with zero attached hydrogens (tertiary/aromatic N) is 1. The fourth-order valence-electron chi connectivity index (χ4n) is 2.05. The molecule has 0 aliphatic heterocycles. The third-order valence-corrected chi connectivity index (χ3v) is 3.88. The van der Waals surface area contributed by atoms with Crippen molar-refractivity contribution < 1.29 is 9.47 Å². The molecule has 0 amide bonds. The minimum atomic E-state index is 0.580. The Morgan fingerprint density at radius 2 is 1.70 bits per heavy atom. The van der Waals surface area contributed by atoms with Gasteiger partial charge in [-0.25, -0.2) is 0 Å². The second-order valence-corrected chi connectivity index (χ2v) is 5.93. The van der Waals surface area contributed by atoms with Crippen LogP contribution in [0.4, 0.5) is 0 Å². The van der Waals surface area contributed by atoms with E-state index in [0.717, 1.165) is 55.2 Å². The van der Waals surface area contributed by atoms with Crippen LogP contribution in [0, 0.1) is 5.92 Å². The average molecular weight is 313 g/mol. The summed E-state index contributed by atoms with van der Waals surface area (Å²) in [5.74, 6) is 2.32. The average Bonchev–Trinajstić information content (AvgIpc) is 2.61. The van der Waals surface area contributed by atoms with Gasteiger partial charge in [0.15, 0.2) is 0 Å². The predicted octanol–water partition coefficient (Wildman–Crippen LogP) is 5.35. The van der Waals surface area contributed by atoms with Gasteiger partial charge in [-0.3, -0.25) is 4.98 Å². The van der Waals surface area contributed by atoms with Crippen molar-refractivity contribution in [2.75, 3.05) is 13.2 Å². The molecule has 1 atom stereocenters. The largest absolute Gasteiger partial charge is 0.493 e. The minimum Gasteiger partial charge on any atom is -0.493 e. The van der Waals surface area contributed by atoms with Gasteiger partial charge >= 0.3 is 0 Å². The first kappa shape index (κ1) is 17.3. The number of benzene rings is 1. The van der Waals surface area contributed by atoms with Crippen molar-refractivity contribution in [3.8, 4) is 22.8 Å². The number of hydrogen-bond acceptors (Lipinski definition) is 3. The molecule has 0 saturated heterocycles. The molecule has 0 aliphatic carbocycles. The maximum absolute atomic E-state index is 5.78. The van der Waals surface area contributed by atoms with Gasteiger partial charge in [-0.05, 0) is 48.7 Å². The van der Waals surface area contributed by atoms with E-state index in [1.807, 2.05) is 36.4 Å². The summed E-state index contributed by atoms with van der Waals surface area (Å²) in [5.41, 5.74) is 2.03. The highest BCUT2D eigenvalue weighted by molar-refractivity contribution is 5.60. The third kappa shape index (κ3) is 5.59. The number of rotatable bonds is 9. The monoisotopic (exact) mass is 313 g/mol. The lowest BCUT2D eigenvalue weighted by molar-refractivity contribution is 0.256. The van der Waals surface area contributed by atoms with Crippen LogP contribution in [0.5, 0.6) is 11.5 Å². The second-order valence-electron chi connectivity index (χ2n) is 5.93. The summed E-state index contributed by atoms with van der Waals surface area (Å²) in [6.07, 6.45) is 5.13. The number of unbranched alkanes of at least 4 members (excludes halogenated alkanes) is 1. The minimum absolute atomic E-state index is 0.580. The van der Waals surface area contributed by atoms with Crippen LogP contribution in [0.1, 0.15) is 40.0 Å². The molecular weight excluding hydrogens is 286 g/mol. The van der Waals surface area contributed by atoms with Gasteiger partial charge in [-0.15, -0.1) is 0 Å². The lowest BCUT2D eigenvalue weighted by Gasteiger charge is -2.11. The zero-order valence-electron chi connectivity index (χ0n) is 14.4. The van der Waals surface area contributed by atoms with Crippen molar-refractivity contribution in [2.24, 2.45) is 5.92 Å². The molecule has 2 rings (SSSR count). The van der Waals surface area contributed by atoms with Gasteiger partial charge in [-0.2, -0.15) is 0 Å². The molecule has 1 unspecified atom stereocenters. The number of aromatic nitrogens is 1. The first-order valence-electron chi connectivity index (χ1n) is 8.55. The van der Waals surface area contributed by atoms with Crippen LogP contribution in [-0.2, 0) is 0 Å². The molecule has 124 valence electrons. The highest BCUT2D eigenvalue weighted by Crippen LogP contribution is 2.23. The van der Waals surface area contributed by atoms with Gasteiger partial charge in [-0.1, -0.05) is 33.6 Å². The molecular formula is C20H27NO2. The highest BCUT2D eigenvalue weighted by Gasteiger charge is 2.03. The second kappa shape index (κ2) is 9.19. The van der Waals surface area contributed by atoms with Crippen molar-refractivity contribution >= 4 is 0 Å². The van der Waals surface area contributed by atoms with E-state index >= 15 is 0 Å². The fourth-order valence-corrected chi connectivity index (χ4v) is 2.05. The Bertz CT molecular complexity index is 563. The van der Waals surface area contributed by atoms with Crippen molar-refractivity contribution in [1.29, 1.82) is 0 Å². The van der Waals surface area contributed by atoms with Crippen LogP contribution in [0.25, 0.3) is 11.3 Å². The van der Waals surface area contributed by atoms with Crippen molar-refractivity contribution in [2.45, 2.75) is 40.0 Å². The first-order valence-corrected chi connectivity index (χ1v) is 8.55. The van der Waals surface area contributed by atoms with E-state index in [1.54, 1.807) is 6.20 Å². The van der Waals surface area contributed by atoms with E-state index in [4.69, 9.17) is 9.47 Å². The maximum Gasteiger partial charge on any atom is 0.137 e. The van der Waals surface area contributed by atoms with Crippen molar-refractivity contribution in [3.63, 3.8) is 0 Å². The van der Waals surface area contributed by atoms with E-state index in [0.29, 0.717) is 5.92 Å². The Morgan fingerprint density at radius 3 is 2.30 bits per heavy atom. The Morgan fingerprint density at radius 1 is 0.957 bits per heavy atom. The van der Waals surface area contributed by atoms with Gasteiger partial charge in [0.05, 0.1) is 25.1 Å². The smallest absolute Gasteiger partial charge is 0.137 e. The molecule has 23 heavy (non-hydrogen) atoms. The molecule has 1 aromatic heterocycles. The summed E-state index contributed by atoms with van der Waals surface area (Å²) in [4.78, 5) is 4.48. The molecule has 0 aliphatic rings. The Labute approximate surface area is 139 Å². The summed E-state index contributed by atoms with van der Waals surface area (Å²) in [6, 6.07) is 12.1. The van der Waals surface area contributed by atoms with E-state index in [9.17, 15) is 0 Å². The van der Waals surface area contributed by atoms with Crippen LogP contribution in [-0.4, -0.2) is 18.2 Å². The molecule has 3 heteroatoms. The zero-order chi connectivity index (χ0) is 16.5. The summed E-state index contributed by atoms with van der Waals surface area (Å²) >= 11 is 0. The number of hydrogen-bond donors (Lipinski definition) is 0. The van der Waals surface area contributed by atoms with E-state index in [1.165, 1.54) is 0 Å². The molecule has 1 heterocycles. The fraction of sp³-hybridized carbons (Fsp3) is 0.450. The van der Waals surface area contributed by atoms with Gasteiger partial charge in [0.1, 0.15) is 11.5 Å². The quantitative estimate of drug-likeness (QED) is 0.585. The predicted molar refractivity (Wildman–Crippen MR) is 95.0 cm³/mol. The van der Waals surface area contributed by atoms with Gasteiger partial charge < -0.3 is 9.47 Å². The Kier molecular flexibility index (Phi) is 6.92. The number of pyridine rings is 1. The molecule has 0 N–H and O–H groups in total. The van der Waals surface area contributed by atoms with Gasteiger partial charge in [0, 0.05) is 5.56 Å². The molecule has 0 fully saturated rings. The lowest BCUT2D eigenvalue weighted by atomic mass is 10.1. The van der Waals surface area contributed by atoms with Crippen LogP contribution < -0.4 is 9.47 Å². The standard InChI is InChI=1S/C20H27NO2/c1-4-6-13-22-19-11-12-20(21-14-19)17-7-9-18(10-8-17)23-15-16(3)5-2/h7-12,14,16H,4-6,13,15H2,1-3H3. The lowest BCUT2D eigenvalue weighted by Crippen LogP contribution is -2.06. The van der Waals surface area contributed by atoms with Crippen LogP contribution in [0.3, 0.4) is 0 Å². The summed E-state index contributed by atoms with van der Waals surface area (Å²) in [5, 5.41) is 0. The number of ether oxygens (including phenoxy) is 2. The van der Waals surface area contributed by atoms with Crippen LogP contribution in [0.15, 0.2) is 42.6 Å². The molecule has 0 radical (unpaired) electrons. The molecule has 3 nitrogen and oxygen atoms in total. The zero-order valence-corrected chi connectivity index (χ0v) is 14.4. The van der Waals surface area contributed by atoms with Crippen molar-refractivity contribution in [1.82, 2.24) is 4.98 Å². The van der Waals surface area contributed by atoms with Crippen LogP contribution in [0.2, 0.25) is 0 Å². The van der Waals surface area contributed by atoms with Crippen LogP contribution >= 0.6 is 0 Å². The van der Waals surface area contributed by atoms with E-state index < -0.39 is 0 Å². The van der Waals surface area contributed by atoms with E-state index in [-0.39, 0.29) is 0 Å². The maximum atomic E-state index is 5.78. The summed E-state index contributed by atoms with van der Waals surface area (Å²) in [7, 11) is 0. The topological polar surface area (TPSA) is 31.4 Å². The highest BCUT2D eigenvalue weighted by atomic mass is 16.5. The molecule has 0 spiro atoms. The first-order chi connectivity index (χ1) is 11.2. The normalized spacial score (nSPS) is 12.0. The molecule has 2 aromatic rings. The third-order valence-electron chi connectivity index (χ3n) is 3.88. The van der Waals surface area contributed by atoms with E-state index in [2.05, 4.69) is 25.8 Å². The van der Waals surface area contributed by atoms with Gasteiger partial charge in [0.2, 0.25) is 0 Å².